The monoisotopic (exact) mass is 353 g/mol. The third kappa shape index (κ3) is 2.68. The van der Waals surface area contributed by atoms with Crippen molar-refractivity contribution in [2.24, 2.45) is 0 Å². The predicted molar refractivity (Wildman–Crippen MR) is 86.8 cm³/mol. The van der Waals surface area contributed by atoms with Crippen molar-refractivity contribution >= 4 is 48.9 Å². The number of hydrogen-bond acceptors (Lipinski definition) is 4. The smallest absolute Gasteiger partial charge is 0.277 e. The van der Waals surface area contributed by atoms with Gasteiger partial charge in [-0.1, -0.05) is 28.4 Å². The first-order valence-electron chi connectivity index (χ1n) is 6.68. The molecular formula is C14H16BrN3OS. The Morgan fingerprint density at radius 2 is 2.05 bits per heavy atom. The average Bonchev–Trinajstić information content (AvgIpc) is 2.76. The van der Waals surface area contributed by atoms with Crippen molar-refractivity contribution in [2.45, 2.75) is 19.3 Å². The number of benzene rings is 1. The van der Waals surface area contributed by atoms with Crippen LogP contribution in [0.25, 0.3) is 10.1 Å². The average molecular weight is 354 g/mol. The number of hydrazine groups is 1. The van der Waals surface area contributed by atoms with Crippen LogP contribution in [0.1, 0.15) is 28.9 Å². The number of nitrogens with two attached hydrogens (primary N) is 1. The normalized spacial score (nSPS) is 16.4. The lowest BCUT2D eigenvalue weighted by atomic mass is 10.2. The van der Waals surface area contributed by atoms with Crippen molar-refractivity contribution in [1.29, 1.82) is 0 Å². The largest absolute Gasteiger partial charge is 0.397 e. The summed E-state index contributed by atoms with van der Waals surface area (Å²) in [6.45, 7) is 1.84. The van der Waals surface area contributed by atoms with E-state index in [9.17, 15) is 4.79 Å². The second-order valence-corrected chi connectivity index (χ2v) is 6.94. The minimum absolute atomic E-state index is 0.0956. The van der Waals surface area contributed by atoms with E-state index in [0.29, 0.717) is 10.6 Å². The Balaban J connectivity index is 1.85. The van der Waals surface area contributed by atoms with Gasteiger partial charge in [0.2, 0.25) is 0 Å². The number of nitrogens with one attached hydrogen (secondary N) is 1. The van der Waals surface area contributed by atoms with Gasteiger partial charge in [-0.15, -0.1) is 11.3 Å². The quantitative estimate of drug-likeness (QED) is 0.869. The van der Waals surface area contributed by atoms with Crippen LogP contribution in [0.3, 0.4) is 0 Å². The third-order valence-corrected chi connectivity index (χ3v) is 5.17. The molecule has 4 nitrogen and oxygen atoms in total. The molecule has 0 radical (unpaired) electrons. The second kappa shape index (κ2) is 5.71. The van der Waals surface area contributed by atoms with Crippen LogP contribution in [0.5, 0.6) is 0 Å². The molecule has 0 spiro atoms. The van der Waals surface area contributed by atoms with E-state index < -0.39 is 0 Å². The number of anilines is 1. The van der Waals surface area contributed by atoms with Crippen molar-refractivity contribution in [2.75, 3.05) is 18.8 Å². The first-order valence-corrected chi connectivity index (χ1v) is 8.29. The van der Waals surface area contributed by atoms with Gasteiger partial charge in [0.05, 0.1) is 5.69 Å². The highest BCUT2D eigenvalue weighted by atomic mass is 79.9. The van der Waals surface area contributed by atoms with Gasteiger partial charge in [0.1, 0.15) is 4.88 Å². The van der Waals surface area contributed by atoms with E-state index in [-0.39, 0.29) is 5.91 Å². The van der Waals surface area contributed by atoms with Gasteiger partial charge in [-0.2, -0.15) is 0 Å². The molecule has 1 aromatic heterocycles. The lowest BCUT2D eigenvalue weighted by Gasteiger charge is -2.26. The molecule has 20 heavy (non-hydrogen) atoms. The van der Waals surface area contributed by atoms with Crippen LogP contribution < -0.4 is 11.2 Å². The summed E-state index contributed by atoms with van der Waals surface area (Å²) in [6, 6.07) is 5.88. The summed E-state index contributed by atoms with van der Waals surface area (Å²) in [6.07, 6.45) is 3.51. The maximum absolute atomic E-state index is 12.4. The van der Waals surface area contributed by atoms with E-state index in [2.05, 4.69) is 21.4 Å². The van der Waals surface area contributed by atoms with Crippen LogP contribution >= 0.6 is 27.3 Å². The van der Waals surface area contributed by atoms with Crippen LogP contribution in [0.4, 0.5) is 5.69 Å². The molecule has 1 fully saturated rings. The lowest BCUT2D eigenvalue weighted by Crippen LogP contribution is -2.44. The molecule has 3 N–H and O–H groups in total. The number of thiophene rings is 1. The number of hydrogen-bond donors (Lipinski definition) is 2. The maximum atomic E-state index is 12.4. The number of rotatable bonds is 2. The Bertz CT molecular complexity index is 649. The topological polar surface area (TPSA) is 58.4 Å². The number of nitrogen functional groups attached to an aromatic ring is 1. The fourth-order valence-corrected chi connectivity index (χ4v) is 4.02. The summed E-state index contributed by atoms with van der Waals surface area (Å²) in [5.74, 6) is -0.0956. The lowest BCUT2D eigenvalue weighted by molar-refractivity contribution is 0.0755. The molecular weight excluding hydrogens is 338 g/mol. The Kier molecular flexibility index (Phi) is 3.96. The molecule has 2 aromatic rings. The molecule has 0 bridgehead atoms. The molecule has 0 atom stereocenters. The van der Waals surface area contributed by atoms with Gasteiger partial charge >= 0.3 is 0 Å². The minimum atomic E-state index is -0.0956. The van der Waals surface area contributed by atoms with E-state index in [1.807, 2.05) is 23.2 Å². The van der Waals surface area contributed by atoms with Crippen molar-refractivity contribution in [1.82, 2.24) is 10.4 Å². The van der Waals surface area contributed by atoms with Gasteiger partial charge in [-0.3, -0.25) is 10.2 Å². The summed E-state index contributed by atoms with van der Waals surface area (Å²) >= 11 is 4.88. The Morgan fingerprint density at radius 1 is 1.30 bits per heavy atom. The van der Waals surface area contributed by atoms with E-state index >= 15 is 0 Å². The van der Waals surface area contributed by atoms with Crippen LogP contribution in [0.15, 0.2) is 22.7 Å². The van der Waals surface area contributed by atoms with Gasteiger partial charge in [-0.05, 0) is 25.0 Å². The van der Waals surface area contributed by atoms with Crippen molar-refractivity contribution in [3.63, 3.8) is 0 Å². The predicted octanol–water partition coefficient (Wildman–Crippen LogP) is 3.38. The molecule has 2 heterocycles. The van der Waals surface area contributed by atoms with Gasteiger partial charge in [0, 0.05) is 27.6 Å². The minimum Gasteiger partial charge on any atom is -0.397 e. The fourth-order valence-electron chi connectivity index (χ4n) is 2.46. The summed E-state index contributed by atoms with van der Waals surface area (Å²) < 4.78 is 2.02. The number of carbonyl (C=O) groups is 1. The molecule has 1 aliphatic rings. The Labute approximate surface area is 130 Å². The van der Waals surface area contributed by atoms with E-state index in [4.69, 9.17) is 5.73 Å². The van der Waals surface area contributed by atoms with Crippen LogP contribution in [-0.2, 0) is 0 Å². The number of amides is 1. The number of carbonyl (C=O) groups excluding carboxylic acids is 1. The molecule has 0 aliphatic carbocycles. The Hall–Kier alpha value is -1.11. The zero-order valence-electron chi connectivity index (χ0n) is 11.0. The highest BCUT2D eigenvalue weighted by Gasteiger charge is 2.19. The second-order valence-electron chi connectivity index (χ2n) is 4.97. The van der Waals surface area contributed by atoms with Crippen molar-refractivity contribution in [3.05, 3.63) is 27.5 Å². The van der Waals surface area contributed by atoms with E-state index in [0.717, 1.165) is 40.5 Å². The number of fused-ring (bicyclic) bond motifs is 1. The molecule has 0 unspecified atom stereocenters. The zero-order valence-corrected chi connectivity index (χ0v) is 13.4. The van der Waals surface area contributed by atoms with Crippen LogP contribution in [0, 0.1) is 0 Å². The molecule has 106 valence electrons. The van der Waals surface area contributed by atoms with Gasteiger partial charge in [0.15, 0.2) is 0 Å². The van der Waals surface area contributed by atoms with Crippen molar-refractivity contribution in [3.8, 4) is 0 Å². The summed E-state index contributed by atoms with van der Waals surface area (Å²) in [7, 11) is 0. The number of piperidine rings is 1. The molecule has 1 saturated heterocycles. The molecule has 3 rings (SSSR count). The summed E-state index contributed by atoms with van der Waals surface area (Å²) in [5, 5.41) is 2.94. The third-order valence-electron chi connectivity index (χ3n) is 3.51. The molecule has 1 aliphatic heterocycles. The molecule has 1 amide bonds. The molecule has 1 aromatic carbocycles. The van der Waals surface area contributed by atoms with Gasteiger partial charge in [0.25, 0.3) is 5.91 Å². The molecule has 6 heteroatoms. The zero-order chi connectivity index (χ0) is 14.1. The standard InChI is InChI=1S/C14H16BrN3OS/c15-9-4-5-10-11(8-9)20-13(12(10)16)14(19)17-18-6-2-1-3-7-18/h4-5,8H,1-3,6-7,16H2,(H,17,19). The highest BCUT2D eigenvalue weighted by Crippen LogP contribution is 2.35. The van der Waals surface area contributed by atoms with Gasteiger partial charge < -0.3 is 5.73 Å². The van der Waals surface area contributed by atoms with Crippen LogP contribution in [0.2, 0.25) is 0 Å². The SMILES string of the molecule is Nc1c(C(=O)NN2CCCCC2)sc2cc(Br)ccc12. The van der Waals surface area contributed by atoms with Gasteiger partial charge in [-0.25, -0.2) is 5.01 Å². The Morgan fingerprint density at radius 3 is 2.80 bits per heavy atom. The first-order chi connectivity index (χ1) is 9.65. The van der Waals surface area contributed by atoms with E-state index in [1.54, 1.807) is 0 Å². The number of nitrogens with zero attached hydrogens (tertiary/aromatic N) is 1. The maximum Gasteiger partial charge on any atom is 0.277 e. The van der Waals surface area contributed by atoms with E-state index in [1.165, 1.54) is 17.8 Å². The van der Waals surface area contributed by atoms with Crippen LogP contribution in [-0.4, -0.2) is 24.0 Å². The summed E-state index contributed by atoms with van der Waals surface area (Å²) in [4.78, 5) is 13.0. The molecule has 0 saturated carbocycles. The van der Waals surface area contributed by atoms with Crippen molar-refractivity contribution < 1.29 is 4.79 Å². The highest BCUT2D eigenvalue weighted by molar-refractivity contribution is 9.10. The number of halogens is 1. The fraction of sp³-hybridized carbons (Fsp3) is 0.357. The first kappa shape index (κ1) is 13.9. The summed E-state index contributed by atoms with van der Waals surface area (Å²) in [5.41, 5.74) is 9.65.